The van der Waals surface area contributed by atoms with E-state index in [-0.39, 0.29) is 0 Å². The van der Waals surface area contributed by atoms with E-state index in [2.05, 4.69) is 49.3 Å². The van der Waals surface area contributed by atoms with Crippen LogP contribution < -0.4 is 10.1 Å². The summed E-state index contributed by atoms with van der Waals surface area (Å²) in [4.78, 5) is 2.44. The number of nitrogens with one attached hydrogen (secondary N) is 1. The summed E-state index contributed by atoms with van der Waals surface area (Å²) in [5.41, 5.74) is 1.31. The van der Waals surface area contributed by atoms with Gasteiger partial charge in [0.25, 0.3) is 0 Å². The zero-order chi connectivity index (χ0) is 14.4. The first-order valence-corrected chi connectivity index (χ1v) is 7.84. The van der Waals surface area contributed by atoms with Gasteiger partial charge in [0.15, 0.2) is 0 Å². The van der Waals surface area contributed by atoms with Crippen LogP contribution in [0.25, 0.3) is 0 Å². The summed E-state index contributed by atoms with van der Waals surface area (Å²) < 4.78 is 5.68. The Morgan fingerprint density at radius 1 is 1.40 bits per heavy atom. The molecule has 0 amide bonds. The number of benzene rings is 1. The molecule has 3 nitrogen and oxygen atoms in total. The van der Waals surface area contributed by atoms with Crippen LogP contribution in [0.3, 0.4) is 0 Å². The zero-order valence-electron chi connectivity index (χ0n) is 13.1. The lowest BCUT2D eigenvalue weighted by Crippen LogP contribution is -2.45. The highest BCUT2D eigenvalue weighted by molar-refractivity contribution is 5.28. The Morgan fingerprint density at radius 2 is 2.25 bits per heavy atom. The first kappa shape index (κ1) is 15.3. The van der Waals surface area contributed by atoms with Gasteiger partial charge in [0, 0.05) is 18.6 Å². The largest absolute Gasteiger partial charge is 0.494 e. The van der Waals surface area contributed by atoms with Crippen molar-refractivity contribution < 1.29 is 4.74 Å². The molecule has 0 spiro atoms. The van der Waals surface area contributed by atoms with Crippen LogP contribution in [0.5, 0.6) is 5.75 Å². The van der Waals surface area contributed by atoms with Crippen LogP contribution in [0.4, 0.5) is 0 Å². The van der Waals surface area contributed by atoms with Gasteiger partial charge in [-0.25, -0.2) is 0 Å². The SMILES string of the molecule is CCCOc1cccc(CNC2CCN(C)C(C)C2)c1. The number of likely N-dealkylation sites (tertiary alicyclic amines) is 1. The smallest absolute Gasteiger partial charge is 0.119 e. The van der Waals surface area contributed by atoms with E-state index >= 15 is 0 Å². The van der Waals surface area contributed by atoms with E-state index in [1.165, 1.54) is 24.9 Å². The molecule has 0 radical (unpaired) electrons. The molecule has 3 heteroatoms. The maximum absolute atomic E-state index is 5.68. The summed E-state index contributed by atoms with van der Waals surface area (Å²) in [6, 6.07) is 9.77. The molecule has 20 heavy (non-hydrogen) atoms. The first-order chi connectivity index (χ1) is 9.69. The molecule has 2 unspecified atom stereocenters. The standard InChI is InChI=1S/C17H28N2O/c1-4-10-20-17-7-5-6-15(12-17)13-18-16-8-9-19(3)14(2)11-16/h5-7,12,14,16,18H,4,8-11,13H2,1-3H3. The summed E-state index contributed by atoms with van der Waals surface area (Å²) in [5, 5.41) is 3.69. The molecule has 112 valence electrons. The second-order valence-electron chi connectivity index (χ2n) is 5.93. The molecule has 0 aliphatic carbocycles. The topological polar surface area (TPSA) is 24.5 Å². The minimum absolute atomic E-state index is 0.640. The average Bonchev–Trinajstić information content (AvgIpc) is 2.47. The molecule has 1 heterocycles. The number of piperidine rings is 1. The molecular formula is C17H28N2O. The van der Waals surface area contributed by atoms with Crippen LogP contribution in [0.1, 0.15) is 38.7 Å². The highest BCUT2D eigenvalue weighted by atomic mass is 16.5. The number of hydrogen-bond donors (Lipinski definition) is 1. The van der Waals surface area contributed by atoms with Crippen molar-refractivity contribution in [2.75, 3.05) is 20.2 Å². The molecule has 0 saturated carbocycles. The van der Waals surface area contributed by atoms with Crippen molar-refractivity contribution in [3.8, 4) is 5.75 Å². The van der Waals surface area contributed by atoms with E-state index in [1.54, 1.807) is 0 Å². The fraction of sp³-hybridized carbons (Fsp3) is 0.647. The highest BCUT2D eigenvalue weighted by Crippen LogP contribution is 2.17. The lowest BCUT2D eigenvalue weighted by atomic mass is 9.99. The third kappa shape index (κ3) is 4.50. The molecule has 2 rings (SSSR count). The molecule has 0 bridgehead atoms. The van der Waals surface area contributed by atoms with Crippen molar-refractivity contribution in [3.05, 3.63) is 29.8 Å². The van der Waals surface area contributed by atoms with Crippen molar-refractivity contribution in [2.24, 2.45) is 0 Å². The molecule has 0 aromatic heterocycles. The summed E-state index contributed by atoms with van der Waals surface area (Å²) in [5.74, 6) is 0.989. The van der Waals surface area contributed by atoms with Gasteiger partial charge in [0.1, 0.15) is 5.75 Å². The van der Waals surface area contributed by atoms with Crippen LogP contribution >= 0.6 is 0 Å². The highest BCUT2D eigenvalue weighted by Gasteiger charge is 2.21. The van der Waals surface area contributed by atoms with Gasteiger partial charge in [0.2, 0.25) is 0 Å². The number of ether oxygens (including phenoxy) is 1. The molecule has 1 aromatic rings. The van der Waals surface area contributed by atoms with Crippen LogP contribution in [-0.2, 0) is 6.54 Å². The normalized spacial score (nSPS) is 23.8. The van der Waals surface area contributed by atoms with Crippen LogP contribution in [0.2, 0.25) is 0 Å². The molecule has 1 aliphatic heterocycles. The third-order valence-electron chi connectivity index (χ3n) is 4.17. The van der Waals surface area contributed by atoms with Gasteiger partial charge < -0.3 is 15.0 Å². The Balaban J connectivity index is 1.81. The maximum atomic E-state index is 5.68. The molecule has 1 fully saturated rings. The lowest BCUT2D eigenvalue weighted by molar-refractivity contribution is 0.168. The van der Waals surface area contributed by atoms with Gasteiger partial charge in [-0.15, -0.1) is 0 Å². The molecule has 1 saturated heterocycles. The maximum Gasteiger partial charge on any atom is 0.119 e. The van der Waals surface area contributed by atoms with Crippen LogP contribution in [-0.4, -0.2) is 37.2 Å². The molecule has 1 aromatic carbocycles. The van der Waals surface area contributed by atoms with Gasteiger partial charge in [-0.05, 0) is 57.5 Å². The predicted molar refractivity (Wildman–Crippen MR) is 84.2 cm³/mol. The predicted octanol–water partition coefficient (Wildman–Crippen LogP) is 3.05. The molecule has 1 N–H and O–H groups in total. The monoisotopic (exact) mass is 276 g/mol. The van der Waals surface area contributed by atoms with E-state index in [9.17, 15) is 0 Å². The molecular weight excluding hydrogens is 248 g/mol. The van der Waals surface area contributed by atoms with Gasteiger partial charge in [0.05, 0.1) is 6.61 Å². The van der Waals surface area contributed by atoms with Crippen molar-refractivity contribution >= 4 is 0 Å². The Morgan fingerprint density at radius 3 is 3.00 bits per heavy atom. The Hall–Kier alpha value is -1.06. The van der Waals surface area contributed by atoms with Gasteiger partial charge >= 0.3 is 0 Å². The van der Waals surface area contributed by atoms with Crippen molar-refractivity contribution in [1.82, 2.24) is 10.2 Å². The summed E-state index contributed by atoms with van der Waals surface area (Å²) >= 11 is 0. The van der Waals surface area contributed by atoms with Crippen molar-refractivity contribution in [2.45, 2.75) is 51.7 Å². The van der Waals surface area contributed by atoms with Crippen LogP contribution in [0, 0.1) is 0 Å². The Bertz CT molecular complexity index is 408. The van der Waals surface area contributed by atoms with E-state index in [1.807, 2.05) is 6.07 Å². The average molecular weight is 276 g/mol. The fourth-order valence-electron chi connectivity index (χ4n) is 2.70. The van der Waals surface area contributed by atoms with E-state index in [4.69, 9.17) is 4.74 Å². The van der Waals surface area contributed by atoms with E-state index in [0.717, 1.165) is 25.3 Å². The van der Waals surface area contributed by atoms with E-state index in [0.29, 0.717) is 12.1 Å². The van der Waals surface area contributed by atoms with Gasteiger partial charge in [-0.3, -0.25) is 0 Å². The van der Waals surface area contributed by atoms with Crippen molar-refractivity contribution in [3.63, 3.8) is 0 Å². The van der Waals surface area contributed by atoms with Gasteiger partial charge in [-0.1, -0.05) is 19.1 Å². The second-order valence-corrected chi connectivity index (χ2v) is 5.93. The lowest BCUT2D eigenvalue weighted by Gasteiger charge is -2.35. The van der Waals surface area contributed by atoms with Crippen molar-refractivity contribution in [1.29, 1.82) is 0 Å². The number of hydrogen-bond acceptors (Lipinski definition) is 3. The summed E-state index contributed by atoms with van der Waals surface area (Å²) in [6.07, 6.45) is 3.53. The minimum Gasteiger partial charge on any atom is -0.494 e. The summed E-state index contributed by atoms with van der Waals surface area (Å²) in [7, 11) is 2.22. The van der Waals surface area contributed by atoms with Gasteiger partial charge in [-0.2, -0.15) is 0 Å². The fourth-order valence-corrected chi connectivity index (χ4v) is 2.70. The first-order valence-electron chi connectivity index (χ1n) is 7.84. The molecule has 1 aliphatic rings. The Labute approximate surface area is 123 Å². The molecule has 2 atom stereocenters. The Kier molecular flexibility index (Phi) is 5.86. The second kappa shape index (κ2) is 7.65. The van der Waals surface area contributed by atoms with E-state index < -0.39 is 0 Å². The minimum atomic E-state index is 0.640. The summed E-state index contributed by atoms with van der Waals surface area (Å²) in [6.45, 7) is 7.37. The number of rotatable bonds is 6. The third-order valence-corrected chi connectivity index (χ3v) is 4.17. The number of nitrogens with zero attached hydrogens (tertiary/aromatic N) is 1. The zero-order valence-corrected chi connectivity index (χ0v) is 13.1. The van der Waals surface area contributed by atoms with Crippen LogP contribution in [0.15, 0.2) is 24.3 Å². The quantitative estimate of drug-likeness (QED) is 0.864.